The third-order valence-corrected chi connectivity index (χ3v) is 3.53. The van der Waals surface area contributed by atoms with Crippen LogP contribution in [0.1, 0.15) is 39.9 Å². The van der Waals surface area contributed by atoms with Crippen LogP contribution in [-0.2, 0) is 12.0 Å². The van der Waals surface area contributed by atoms with E-state index < -0.39 is 0 Å². The highest BCUT2D eigenvalue weighted by Crippen LogP contribution is 2.29. The zero-order valence-corrected chi connectivity index (χ0v) is 11.1. The van der Waals surface area contributed by atoms with Gasteiger partial charge in [-0.3, -0.25) is 0 Å². The van der Waals surface area contributed by atoms with Crippen LogP contribution in [-0.4, -0.2) is 9.55 Å². The molecule has 0 saturated carbocycles. The number of aromatic nitrogens is 2. The molecule has 92 valence electrons. The lowest BCUT2D eigenvalue weighted by molar-refractivity contribution is 0.342. The SMILES string of the molecule is CCc1nc2cc(N)ccc2n1C(C)(C)CC. The summed E-state index contributed by atoms with van der Waals surface area (Å²) in [4.78, 5) is 4.69. The molecule has 0 bridgehead atoms. The number of nitrogens with zero attached hydrogens (tertiary/aromatic N) is 2. The molecule has 0 aliphatic rings. The van der Waals surface area contributed by atoms with Crippen LogP contribution in [0.3, 0.4) is 0 Å². The first-order valence-corrected chi connectivity index (χ1v) is 6.27. The van der Waals surface area contributed by atoms with Crippen molar-refractivity contribution in [2.45, 2.75) is 46.1 Å². The number of nitrogen functional groups attached to an aromatic ring is 1. The molecule has 0 fully saturated rings. The molecular weight excluding hydrogens is 210 g/mol. The van der Waals surface area contributed by atoms with E-state index in [9.17, 15) is 0 Å². The maximum Gasteiger partial charge on any atom is 0.110 e. The lowest BCUT2D eigenvalue weighted by Crippen LogP contribution is -2.26. The molecule has 0 saturated heterocycles. The number of imidazole rings is 1. The largest absolute Gasteiger partial charge is 0.399 e. The van der Waals surface area contributed by atoms with Gasteiger partial charge in [0, 0.05) is 17.6 Å². The standard InChI is InChI=1S/C14H21N3/c1-5-13-16-11-9-10(15)7-8-12(11)17(13)14(3,4)6-2/h7-9H,5-6,15H2,1-4H3. The van der Waals surface area contributed by atoms with Crippen molar-refractivity contribution in [1.82, 2.24) is 9.55 Å². The monoisotopic (exact) mass is 231 g/mol. The second kappa shape index (κ2) is 4.06. The summed E-state index contributed by atoms with van der Waals surface area (Å²) in [7, 11) is 0. The Hall–Kier alpha value is -1.51. The van der Waals surface area contributed by atoms with Crippen molar-refractivity contribution in [2.24, 2.45) is 0 Å². The topological polar surface area (TPSA) is 43.8 Å². The van der Waals surface area contributed by atoms with Crippen molar-refractivity contribution in [3.05, 3.63) is 24.0 Å². The number of anilines is 1. The number of fused-ring (bicyclic) bond motifs is 1. The zero-order chi connectivity index (χ0) is 12.6. The van der Waals surface area contributed by atoms with Crippen molar-refractivity contribution in [2.75, 3.05) is 5.73 Å². The Morgan fingerprint density at radius 3 is 2.59 bits per heavy atom. The molecule has 1 aromatic carbocycles. The van der Waals surface area contributed by atoms with Gasteiger partial charge in [-0.25, -0.2) is 4.98 Å². The summed E-state index contributed by atoms with van der Waals surface area (Å²) < 4.78 is 2.35. The lowest BCUT2D eigenvalue weighted by Gasteiger charge is -2.28. The fourth-order valence-electron chi connectivity index (χ4n) is 2.22. The van der Waals surface area contributed by atoms with Gasteiger partial charge in [0.25, 0.3) is 0 Å². The van der Waals surface area contributed by atoms with Gasteiger partial charge in [0.05, 0.1) is 11.0 Å². The van der Waals surface area contributed by atoms with Gasteiger partial charge in [-0.05, 0) is 38.5 Å². The van der Waals surface area contributed by atoms with Crippen LogP contribution >= 0.6 is 0 Å². The number of hydrogen-bond donors (Lipinski definition) is 1. The molecule has 0 unspecified atom stereocenters. The average molecular weight is 231 g/mol. The fourth-order valence-corrected chi connectivity index (χ4v) is 2.22. The quantitative estimate of drug-likeness (QED) is 0.823. The Kier molecular flexibility index (Phi) is 2.86. The summed E-state index contributed by atoms with van der Waals surface area (Å²) in [5.74, 6) is 1.14. The summed E-state index contributed by atoms with van der Waals surface area (Å²) in [5, 5.41) is 0. The summed E-state index contributed by atoms with van der Waals surface area (Å²) in [6, 6.07) is 5.98. The molecule has 0 aliphatic heterocycles. The number of hydrogen-bond acceptors (Lipinski definition) is 2. The van der Waals surface area contributed by atoms with Crippen LogP contribution in [0.4, 0.5) is 5.69 Å². The molecule has 1 heterocycles. The van der Waals surface area contributed by atoms with Crippen LogP contribution < -0.4 is 5.73 Å². The molecule has 1 aromatic heterocycles. The molecule has 17 heavy (non-hydrogen) atoms. The molecule has 3 heteroatoms. The zero-order valence-electron chi connectivity index (χ0n) is 11.1. The Morgan fingerprint density at radius 2 is 2.00 bits per heavy atom. The fraction of sp³-hybridized carbons (Fsp3) is 0.500. The van der Waals surface area contributed by atoms with Crippen LogP contribution in [0.15, 0.2) is 18.2 Å². The number of nitrogens with two attached hydrogens (primary N) is 1. The van der Waals surface area contributed by atoms with Crippen molar-refractivity contribution < 1.29 is 0 Å². The third kappa shape index (κ3) is 1.90. The summed E-state index contributed by atoms with van der Waals surface area (Å²) >= 11 is 0. The summed E-state index contributed by atoms with van der Waals surface area (Å²) in [5.41, 5.74) is 8.87. The molecule has 3 nitrogen and oxygen atoms in total. The van der Waals surface area contributed by atoms with Crippen molar-refractivity contribution >= 4 is 16.7 Å². The van der Waals surface area contributed by atoms with E-state index in [1.807, 2.05) is 12.1 Å². The highest BCUT2D eigenvalue weighted by molar-refractivity contribution is 5.80. The van der Waals surface area contributed by atoms with E-state index in [-0.39, 0.29) is 5.54 Å². The van der Waals surface area contributed by atoms with Gasteiger partial charge in [0.15, 0.2) is 0 Å². The second-order valence-electron chi connectivity index (χ2n) is 5.13. The lowest BCUT2D eigenvalue weighted by atomic mass is 10.0. The van der Waals surface area contributed by atoms with E-state index in [4.69, 9.17) is 5.73 Å². The maximum absolute atomic E-state index is 5.82. The van der Waals surface area contributed by atoms with E-state index in [1.165, 1.54) is 5.52 Å². The smallest absolute Gasteiger partial charge is 0.110 e. The minimum atomic E-state index is 0.0935. The van der Waals surface area contributed by atoms with Gasteiger partial charge < -0.3 is 10.3 Å². The van der Waals surface area contributed by atoms with Gasteiger partial charge >= 0.3 is 0 Å². The molecule has 0 radical (unpaired) electrons. The second-order valence-corrected chi connectivity index (χ2v) is 5.13. The number of rotatable bonds is 3. The summed E-state index contributed by atoms with van der Waals surface area (Å²) in [6.07, 6.45) is 2.02. The Morgan fingerprint density at radius 1 is 1.29 bits per heavy atom. The minimum absolute atomic E-state index is 0.0935. The van der Waals surface area contributed by atoms with E-state index in [0.717, 1.165) is 29.9 Å². The number of aryl methyl sites for hydroxylation is 1. The van der Waals surface area contributed by atoms with E-state index >= 15 is 0 Å². The molecule has 0 amide bonds. The minimum Gasteiger partial charge on any atom is -0.399 e. The van der Waals surface area contributed by atoms with E-state index in [2.05, 4.69) is 43.3 Å². The Labute approximate surface area is 103 Å². The average Bonchev–Trinajstić information content (AvgIpc) is 2.67. The first-order valence-electron chi connectivity index (χ1n) is 6.27. The van der Waals surface area contributed by atoms with Gasteiger partial charge in [-0.1, -0.05) is 13.8 Å². The van der Waals surface area contributed by atoms with Gasteiger partial charge in [-0.2, -0.15) is 0 Å². The number of benzene rings is 1. The Balaban J connectivity index is 2.75. The van der Waals surface area contributed by atoms with Crippen molar-refractivity contribution in [1.29, 1.82) is 0 Å². The highest BCUT2D eigenvalue weighted by Gasteiger charge is 2.23. The molecule has 0 spiro atoms. The predicted molar refractivity (Wildman–Crippen MR) is 73.1 cm³/mol. The van der Waals surface area contributed by atoms with Crippen LogP contribution in [0, 0.1) is 0 Å². The highest BCUT2D eigenvalue weighted by atomic mass is 15.1. The maximum atomic E-state index is 5.82. The summed E-state index contributed by atoms with van der Waals surface area (Å²) in [6.45, 7) is 8.86. The first-order chi connectivity index (χ1) is 7.99. The van der Waals surface area contributed by atoms with Crippen molar-refractivity contribution in [3.63, 3.8) is 0 Å². The molecule has 2 rings (SSSR count). The van der Waals surface area contributed by atoms with Crippen LogP contribution in [0.2, 0.25) is 0 Å². The molecule has 0 aliphatic carbocycles. The Bertz CT molecular complexity index is 538. The van der Waals surface area contributed by atoms with E-state index in [1.54, 1.807) is 0 Å². The molecule has 2 N–H and O–H groups in total. The van der Waals surface area contributed by atoms with Crippen LogP contribution in [0.5, 0.6) is 0 Å². The van der Waals surface area contributed by atoms with E-state index in [0.29, 0.717) is 0 Å². The van der Waals surface area contributed by atoms with Crippen molar-refractivity contribution in [3.8, 4) is 0 Å². The predicted octanol–water partition coefficient (Wildman–Crippen LogP) is 3.33. The van der Waals surface area contributed by atoms with Gasteiger partial charge in [-0.15, -0.1) is 0 Å². The first kappa shape index (κ1) is 12.0. The third-order valence-electron chi connectivity index (χ3n) is 3.53. The van der Waals surface area contributed by atoms with Gasteiger partial charge in [0.2, 0.25) is 0 Å². The van der Waals surface area contributed by atoms with Gasteiger partial charge in [0.1, 0.15) is 5.82 Å². The molecule has 2 aromatic rings. The normalized spacial score (nSPS) is 12.2. The molecular formula is C14H21N3. The van der Waals surface area contributed by atoms with Crippen LogP contribution in [0.25, 0.3) is 11.0 Å². The molecule has 0 atom stereocenters.